The maximum Gasteiger partial charge on any atom is 0.313 e. The molecule has 4 nitrogen and oxygen atoms in total. The summed E-state index contributed by atoms with van der Waals surface area (Å²) in [6.07, 6.45) is 1.06. The number of amides is 1. The van der Waals surface area contributed by atoms with E-state index in [9.17, 15) is 9.59 Å². The summed E-state index contributed by atoms with van der Waals surface area (Å²) in [5.74, 6) is -0.157. The summed E-state index contributed by atoms with van der Waals surface area (Å²) in [6, 6.07) is 7.89. The normalized spacial score (nSPS) is 21.9. The molecule has 0 N–H and O–H groups in total. The van der Waals surface area contributed by atoms with Gasteiger partial charge < -0.3 is 9.64 Å². The molecule has 0 aromatic heterocycles. The third kappa shape index (κ3) is 2.84. The van der Waals surface area contributed by atoms with E-state index in [1.165, 1.54) is 7.11 Å². The number of hydrogen-bond acceptors (Lipinski definition) is 3. The molecule has 1 saturated heterocycles. The molecule has 0 aliphatic carbocycles. The summed E-state index contributed by atoms with van der Waals surface area (Å²) in [7, 11) is 1.39. The van der Waals surface area contributed by atoms with Gasteiger partial charge in [0, 0.05) is 13.1 Å². The lowest BCUT2D eigenvalue weighted by Gasteiger charge is -2.22. The van der Waals surface area contributed by atoms with Gasteiger partial charge in [-0.2, -0.15) is 0 Å². The lowest BCUT2D eigenvalue weighted by Crippen LogP contribution is -2.36. The van der Waals surface area contributed by atoms with Crippen LogP contribution >= 0.6 is 0 Å². The van der Waals surface area contributed by atoms with Crippen molar-refractivity contribution in [2.24, 2.45) is 5.41 Å². The standard InChI is InChI=1S/C16H21NO3/c1-12-6-4-5-7-13(12)10-14(18)17-9-8-16(2,11-17)15(19)20-3/h4-7H,8-11H2,1-3H3/t16-/m0/s1. The summed E-state index contributed by atoms with van der Waals surface area (Å²) in [5.41, 5.74) is 1.61. The molecule has 1 aromatic rings. The van der Waals surface area contributed by atoms with Crippen molar-refractivity contribution < 1.29 is 14.3 Å². The molecule has 1 aromatic carbocycles. The maximum atomic E-state index is 12.3. The Morgan fingerprint density at radius 3 is 2.70 bits per heavy atom. The summed E-state index contributed by atoms with van der Waals surface area (Å²) < 4.78 is 4.83. The Bertz CT molecular complexity index is 526. The van der Waals surface area contributed by atoms with E-state index in [2.05, 4.69) is 0 Å². The second kappa shape index (κ2) is 5.65. The number of ether oxygens (including phenoxy) is 1. The Morgan fingerprint density at radius 1 is 1.35 bits per heavy atom. The minimum absolute atomic E-state index is 0.0759. The lowest BCUT2D eigenvalue weighted by atomic mass is 9.90. The highest BCUT2D eigenvalue weighted by Gasteiger charge is 2.42. The number of likely N-dealkylation sites (tertiary alicyclic amines) is 1. The van der Waals surface area contributed by atoms with Gasteiger partial charge in [-0.15, -0.1) is 0 Å². The van der Waals surface area contributed by atoms with Gasteiger partial charge in [0.2, 0.25) is 5.91 Å². The molecular weight excluding hydrogens is 254 g/mol. The Labute approximate surface area is 119 Å². The zero-order chi connectivity index (χ0) is 14.8. The minimum atomic E-state index is -0.559. The molecule has 0 bridgehead atoms. The number of carbonyl (C=O) groups excluding carboxylic acids is 2. The molecule has 1 aliphatic rings. The molecule has 0 spiro atoms. The number of methoxy groups -OCH3 is 1. The van der Waals surface area contributed by atoms with Crippen molar-refractivity contribution >= 4 is 11.9 Å². The lowest BCUT2D eigenvalue weighted by molar-refractivity contribution is -0.151. The van der Waals surface area contributed by atoms with E-state index < -0.39 is 5.41 Å². The monoisotopic (exact) mass is 275 g/mol. The number of nitrogens with zero attached hydrogens (tertiary/aromatic N) is 1. The van der Waals surface area contributed by atoms with Crippen molar-refractivity contribution in [2.75, 3.05) is 20.2 Å². The zero-order valence-corrected chi connectivity index (χ0v) is 12.3. The van der Waals surface area contributed by atoms with E-state index in [4.69, 9.17) is 4.74 Å². The zero-order valence-electron chi connectivity index (χ0n) is 12.3. The van der Waals surface area contributed by atoms with E-state index in [0.29, 0.717) is 25.9 Å². The van der Waals surface area contributed by atoms with E-state index in [0.717, 1.165) is 11.1 Å². The van der Waals surface area contributed by atoms with Crippen LogP contribution in [0.1, 0.15) is 24.5 Å². The molecule has 1 heterocycles. The number of aryl methyl sites for hydroxylation is 1. The molecule has 20 heavy (non-hydrogen) atoms. The van der Waals surface area contributed by atoms with E-state index >= 15 is 0 Å². The molecule has 2 rings (SSSR count). The first-order valence-electron chi connectivity index (χ1n) is 6.87. The first kappa shape index (κ1) is 14.6. The fraction of sp³-hybridized carbons (Fsp3) is 0.500. The summed E-state index contributed by atoms with van der Waals surface area (Å²) in [5, 5.41) is 0. The number of rotatable bonds is 3. The quantitative estimate of drug-likeness (QED) is 0.792. The van der Waals surface area contributed by atoms with Crippen molar-refractivity contribution in [1.29, 1.82) is 0 Å². The number of hydrogen-bond donors (Lipinski definition) is 0. The van der Waals surface area contributed by atoms with Crippen LogP contribution in [0.2, 0.25) is 0 Å². The molecule has 1 atom stereocenters. The van der Waals surface area contributed by atoms with Crippen LogP contribution < -0.4 is 0 Å². The van der Waals surface area contributed by atoms with Crippen LogP contribution in [0, 0.1) is 12.3 Å². The highest BCUT2D eigenvalue weighted by molar-refractivity contribution is 5.82. The topological polar surface area (TPSA) is 46.6 Å². The van der Waals surface area contributed by atoms with Gasteiger partial charge in [0.25, 0.3) is 0 Å². The molecule has 4 heteroatoms. The Balaban J connectivity index is 2.02. The second-order valence-corrected chi connectivity index (χ2v) is 5.72. The van der Waals surface area contributed by atoms with Crippen LogP contribution in [-0.2, 0) is 20.7 Å². The first-order chi connectivity index (χ1) is 9.46. The molecule has 108 valence electrons. The van der Waals surface area contributed by atoms with Crippen molar-refractivity contribution in [3.8, 4) is 0 Å². The number of esters is 1. The van der Waals surface area contributed by atoms with Crippen molar-refractivity contribution in [1.82, 2.24) is 4.90 Å². The molecular formula is C16H21NO3. The first-order valence-corrected chi connectivity index (χ1v) is 6.87. The molecule has 1 aliphatic heterocycles. The smallest absolute Gasteiger partial charge is 0.313 e. The van der Waals surface area contributed by atoms with Gasteiger partial charge >= 0.3 is 5.97 Å². The summed E-state index contributed by atoms with van der Waals surface area (Å²) in [4.78, 5) is 25.9. The molecule has 0 radical (unpaired) electrons. The van der Waals surface area contributed by atoms with Gasteiger partial charge in [0.1, 0.15) is 0 Å². The van der Waals surface area contributed by atoms with Crippen molar-refractivity contribution in [2.45, 2.75) is 26.7 Å². The summed E-state index contributed by atoms with van der Waals surface area (Å²) in [6.45, 7) is 4.94. The highest BCUT2D eigenvalue weighted by atomic mass is 16.5. The average Bonchev–Trinajstić information content (AvgIpc) is 2.84. The number of carbonyl (C=O) groups is 2. The minimum Gasteiger partial charge on any atom is -0.469 e. The van der Waals surface area contributed by atoms with Gasteiger partial charge in [-0.25, -0.2) is 0 Å². The van der Waals surface area contributed by atoms with Crippen LogP contribution in [-0.4, -0.2) is 37.0 Å². The highest BCUT2D eigenvalue weighted by Crippen LogP contribution is 2.31. The van der Waals surface area contributed by atoms with E-state index in [1.807, 2.05) is 38.1 Å². The van der Waals surface area contributed by atoms with Crippen molar-refractivity contribution in [3.63, 3.8) is 0 Å². The van der Waals surface area contributed by atoms with Crippen LogP contribution in [0.5, 0.6) is 0 Å². The molecule has 1 fully saturated rings. The average molecular weight is 275 g/mol. The molecule has 1 amide bonds. The summed E-state index contributed by atoms with van der Waals surface area (Å²) >= 11 is 0. The predicted octanol–water partition coefficient (Wildman–Crippen LogP) is 1.95. The van der Waals surface area contributed by atoms with Gasteiger partial charge in [-0.1, -0.05) is 24.3 Å². The Kier molecular flexibility index (Phi) is 4.12. The van der Waals surface area contributed by atoms with Crippen LogP contribution in [0.4, 0.5) is 0 Å². The predicted molar refractivity (Wildman–Crippen MR) is 76.2 cm³/mol. The maximum absolute atomic E-state index is 12.3. The van der Waals surface area contributed by atoms with Crippen LogP contribution in [0.3, 0.4) is 0 Å². The third-order valence-electron chi connectivity index (χ3n) is 4.11. The van der Waals surface area contributed by atoms with Gasteiger partial charge in [0.05, 0.1) is 18.9 Å². The second-order valence-electron chi connectivity index (χ2n) is 5.72. The van der Waals surface area contributed by atoms with Crippen LogP contribution in [0.15, 0.2) is 24.3 Å². The number of benzene rings is 1. The van der Waals surface area contributed by atoms with Crippen LogP contribution in [0.25, 0.3) is 0 Å². The van der Waals surface area contributed by atoms with Gasteiger partial charge in [-0.05, 0) is 31.4 Å². The largest absolute Gasteiger partial charge is 0.469 e. The van der Waals surface area contributed by atoms with Gasteiger partial charge in [0.15, 0.2) is 0 Å². The fourth-order valence-electron chi connectivity index (χ4n) is 2.67. The SMILES string of the molecule is COC(=O)[C@@]1(C)CCN(C(=O)Cc2ccccc2C)C1. The fourth-order valence-corrected chi connectivity index (χ4v) is 2.67. The Hall–Kier alpha value is -1.84. The van der Waals surface area contributed by atoms with E-state index in [1.54, 1.807) is 4.90 Å². The molecule has 0 unspecified atom stereocenters. The van der Waals surface area contributed by atoms with Gasteiger partial charge in [-0.3, -0.25) is 9.59 Å². The molecule has 0 saturated carbocycles. The van der Waals surface area contributed by atoms with E-state index in [-0.39, 0.29) is 11.9 Å². The third-order valence-corrected chi connectivity index (χ3v) is 4.11. The Morgan fingerprint density at radius 2 is 2.05 bits per heavy atom. The van der Waals surface area contributed by atoms with Crippen molar-refractivity contribution in [3.05, 3.63) is 35.4 Å².